The molecular weight excluding hydrogens is 160 g/mol. The highest BCUT2D eigenvalue weighted by Crippen LogP contribution is 2.21. The Balaban J connectivity index is 2.58. The Morgan fingerprint density at radius 3 is 2.38 bits per heavy atom. The lowest BCUT2D eigenvalue weighted by Crippen LogP contribution is -2.02. The summed E-state index contributed by atoms with van der Waals surface area (Å²) in [5, 5.41) is 0. The van der Waals surface area contributed by atoms with E-state index in [0.29, 0.717) is 5.92 Å². The van der Waals surface area contributed by atoms with Gasteiger partial charge in [-0.15, -0.1) is 0 Å². The molecule has 1 heteroatoms. The third kappa shape index (κ3) is 3.02. The molecule has 13 heavy (non-hydrogen) atoms. The molecule has 2 atom stereocenters. The Morgan fingerprint density at radius 1 is 1.23 bits per heavy atom. The first-order chi connectivity index (χ1) is 6.24. The van der Waals surface area contributed by atoms with Crippen LogP contribution in [0.5, 0.6) is 0 Å². The van der Waals surface area contributed by atoms with E-state index in [-0.39, 0.29) is 5.92 Å². The molecule has 0 aliphatic heterocycles. The van der Waals surface area contributed by atoms with E-state index in [9.17, 15) is 4.79 Å². The van der Waals surface area contributed by atoms with E-state index >= 15 is 0 Å². The van der Waals surface area contributed by atoms with Crippen LogP contribution in [-0.2, 0) is 4.79 Å². The molecule has 70 valence electrons. The molecule has 0 amide bonds. The molecule has 0 saturated carbocycles. The second kappa shape index (κ2) is 4.80. The van der Waals surface area contributed by atoms with Crippen molar-refractivity contribution < 1.29 is 4.79 Å². The van der Waals surface area contributed by atoms with Gasteiger partial charge in [-0.25, -0.2) is 0 Å². The van der Waals surface area contributed by atoms with Crippen LogP contribution in [0, 0.1) is 5.92 Å². The Kier molecular flexibility index (Phi) is 3.69. The van der Waals surface area contributed by atoms with Gasteiger partial charge in [-0.2, -0.15) is 0 Å². The van der Waals surface area contributed by atoms with Crippen molar-refractivity contribution in [3.8, 4) is 0 Å². The highest BCUT2D eigenvalue weighted by molar-refractivity contribution is 5.52. The topological polar surface area (TPSA) is 17.1 Å². The summed E-state index contributed by atoms with van der Waals surface area (Å²) >= 11 is 0. The third-order valence-electron chi connectivity index (χ3n) is 2.33. The van der Waals surface area contributed by atoms with Gasteiger partial charge in [-0.1, -0.05) is 44.2 Å². The summed E-state index contributed by atoms with van der Waals surface area (Å²) in [7, 11) is 0. The minimum Gasteiger partial charge on any atom is -0.303 e. The van der Waals surface area contributed by atoms with E-state index in [1.165, 1.54) is 5.56 Å². The van der Waals surface area contributed by atoms with Gasteiger partial charge in [0.15, 0.2) is 0 Å². The molecule has 0 aromatic heterocycles. The smallest absolute Gasteiger partial charge is 0.122 e. The van der Waals surface area contributed by atoms with Gasteiger partial charge in [0.2, 0.25) is 0 Å². The second-order valence-corrected chi connectivity index (χ2v) is 3.66. The number of benzene rings is 1. The molecule has 0 saturated heterocycles. The lowest BCUT2D eigenvalue weighted by Gasteiger charge is -2.12. The molecule has 0 heterocycles. The van der Waals surface area contributed by atoms with Crippen LogP contribution < -0.4 is 0 Å². The summed E-state index contributed by atoms with van der Waals surface area (Å²) in [5.41, 5.74) is 1.32. The van der Waals surface area contributed by atoms with Crippen molar-refractivity contribution >= 4 is 6.29 Å². The normalized spacial score (nSPS) is 14.9. The van der Waals surface area contributed by atoms with Gasteiger partial charge >= 0.3 is 0 Å². The Bertz CT molecular complexity index is 253. The van der Waals surface area contributed by atoms with Crippen molar-refractivity contribution in [3.63, 3.8) is 0 Å². The van der Waals surface area contributed by atoms with Crippen molar-refractivity contribution in [1.82, 2.24) is 0 Å². The van der Waals surface area contributed by atoms with Gasteiger partial charge in [-0.05, 0) is 17.9 Å². The van der Waals surface area contributed by atoms with Crippen LogP contribution in [0.4, 0.5) is 0 Å². The molecular formula is C12H16O. The maximum absolute atomic E-state index is 10.5. The predicted molar refractivity (Wildman–Crippen MR) is 54.7 cm³/mol. The number of hydrogen-bond acceptors (Lipinski definition) is 1. The van der Waals surface area contributed by atoms with Crippen LogP contribution in [0.1, 0.15) is 31.7 Å². The van der Waals surface area contributed by atoms with Crippen LogP contribution in [0.15, 0.2) is 30.3 Å². The number of aldehydes is 1. The molecule has 1 aromatic carbocycles. The van der Waals surface area contributed by atoms with Crippen LogP contribution in [-0.4, -0.2) is 6.29 Å². The number of hydrogen-bond donors (Lipinski definition) is 0. The van der Waals surface area contributed by atoms with Crippen molar-refractivity contribution in [2.24, 2.45) is 5.92 Å². The molecule has 0 aliphatic carbocycles. The first-order valence-electron chi connectivity index (χ1n) is 4.74. The van der Waals surface area contributed by atoms with Gasteiger partial charge in [0.05, 0.1) is 0 Å². The summed E-state index contributed by atoms with van der Waals surface area (Å²) in [6.45, 7) is 4.13. The Labute approximate surface area is 79.8 Å². The molecule has 1 rings (SSSR count). The summed E-state index contributed by atoms with van der Waals surface area (Å²) in [5.74, 6) is 0.636. The first-order valence-corrected chi connectivity index (χ1v) is 4.74. The van der Waals surface area contributed by atoms with Gasteiger partial charge in [0.1, 0.15) is 6.29 Å². The fourth-order valence-electron chi connectivity index (χ4n) is 1.53. The average Bonchev–Trinajstić information content (AvgIpc) is 2.19. The van der Waals surface area contributed by atoms with Crippen LogP contribution >= 0.6 is 0 Å². The van der Waals surface area contributed by atoms with E-state index in [1.807, 2.05) is 25.1 Å². The number of rotatable bonds is 4. The van der Waals surface area contributed by atoms with Crippen molar-refractivity contribution in [3.05, 3.63) is 35.9 Å². The molecule has 0 spiro atoms. The lowest BCUT2D eigenvalue weighted by molar-refractivity contribution is -0.110. The predicted octanol–water partition coefficient (Wildman–Crippen LogP) is 3.02. The molecule has 0 fully saturated rings. The maximum atomic E-state index is 10.5. The monoisotopic (exact) mass is 176 g/mol. The quantitative estimate of drug-likeness (QED) is 0.644. The summed E-state index contributed by atoms with van der Waals surface area (Å²) in [6, 6.07) is 10.3. The van der Waals surface area contributed by atoms with Crippen molar-refractivity contribution in [2.45, 2.75) is 26.2 Å². The van der Waals surface area contributed by atoms with Gasteiger partial charge in [0.25, 0.3) is 0 Å². The zero-order chi connectivity index (χ0) is 9.68. The van der Waals surface area contributed by atoms with E-state index < -0.39 is 0 Å². The van der Waals surface area contributed by atoms with Crippen LogP contribution in [0.3, 0.4) is 0 Å². The molecule has 0 radical (unpaired) electrons. The minimum atomic E-state index is 0.162. The van der Waals surface area contributed by atoms with Gasteiger partial charge in [0, 0.05) is 5.92 Å². The van der Waals surface area contributed by atoms with Crippen LogP contribution in [0.2, 0.25) is 0 Å². The SMILES string of the molecule is C[C@@H](C=O)C[C@H](C)c1ccccc1. The Morgan fingerprint density at radius 2 is 1.85 bits per heavy atom. The van der Waals surface area contributed by atoms with E-state index in [0.717, 1.165) is 12.7 Å². The van der Waals surface area contributed by atoms with Crippen molar-refractivity contribution in [2.75, 3.05) is 0 Å². The summed E-state index contributed by atoms with van der Waals surface area (Å²) in [4.78, 5) is 10.5. The fraction of sp³-hybridized carbons (Fsp3) is 0.417. The molecule has 0 aliphatic rings. The number of carbonyl (C=O) groups excluding carboxylic acids is 1. The molecule has 1 nitrogen and oxygen atoms in total. The zero-order valence-corrected chi connectivity index (χ0v) is 8.23. The second-order valence-electron chi connectivity index (χ2n) is 3.66. The van der Waals surface area contributed by atoms with Gasteiger partial charge < -0.3 is 4.79 Å². The fourth-order valence-corrected chi connectivity index (χ4v) is 1.53. The van der Waals surface area contributed by atoms with Gasteiger partial charge in [-0.3, -0.25) is 0 Å². The maximum Gasteiger partial charge on any atom is 0.122 e. The molecule has 0 N–H and O–H groups in total. The summed E-state index contributed by atoms with van der Waals surface area (Å²) < 4.78 is 0. The van der Waals surface area contributed by atoms with Crippen molar-refractivity contribution in [1.29, 1.82) is 0 Å². The zero-order valence-electron chi connectivity index (χ0n) is 8.23. The van der Waals surface area contributed by atoms with Crippen LogP contribution in [0.25, 0.3) is 0 Å². The molecule has 1 aromatic rings. The lowest BCUT2D eigenvalue weighted by atomic mass is 9.92. The number of carbonyl (C=O) groups is 1. The standard InChI is InChI=1S/C12H16O/c1-10(9-13)8-11(2)12-6-4-3-5-7-12/h3-7,9-11H,8H2,1-2H3/t10-,11+/m1/s1. The third-order valence-corrected chi connectivity index (χ3v) is 2.33. The molecule has 0 bridgehead atoms. The molecule has 0 unspecified atom stereocenters. The largest absolute Gasteiger partial charge is 0.303 e. The highest BCUT2D eigenvalue weighted by atomic mass is 16.1. The van der Waals surface area contributed by atoms with E-state index in [2.05, 4.69) is 19.1 Å². The summed E-state index contributed by atoms with van der Waals surface area (Å²) in [6.07, 6.45) is 1.97. The first kappa shape index (κ1) is 9.97. The average molecular weight is 176 g/mol. The minimum absolute atomic E-state index is 0.162. The Hall–Kier alpha value is -1.11. The highest BCUT2D eigenvalue weighted by Gasteiger charge is 2.08. The van der Waals surface area contributed by atoms with E-state index in [4.69, 9.17) is 0 Å². The van der Waals surface area contributed by atoms with E-state index in [1.54, 1.807) is 0 Å².